The number of aromatic nitrogens is 3. The van der Waals surface area contributed by atoms with E-state index in [1.807, 2.05) is 13.8 Å². The predicted octanol–water partition coefficient (Wildman–Crippen LogP) is 2.85. The molecule has 1 unspecified atom stereocenters. The molecule has 1 saturated heterocycles. The number of H-pyrrole nitrogens is 1. The Kier molecular flexibility index (Phi) is 5.82. The number of aromatic amines is 1. The number of nitrogens with one attached hydrogen (secondary N) is 1. The SMILES string of the molecule is CCc1nc(Sc2ccc(S(=O)(=O)N3CCCC(C)C3)cc2[N+](=O)[O-])n[nH]1. The summed E-state index contributed by atoms with van der Waals surface area (Å²) in [6.45, 7) is 4.79. The lowest BCUT2D eigenvalue weighted by atomic mass is 10.0. The molecule has 0 aliphatic carbocycles. The van der Waals surface area contributed by atoms with Crippen LogP contribution in [0.4, 0.5) is 5.69 Å². The molecule has 2 heterocycles. The standard InChI is InChI=1S/C16H21N5O4S2/c1-3-15-17-16(19-18-15)26-14-7-6-12(9-13(14)21(22)23)27(24,25)20-8-4-5-11(2)10-20/h6-7,9,11H,3-5,8,10H2,1-2H3,(H,17,18,19). The summed E-state index contributed by atoms with van der Waals surface area (Å²) in [6.07, 6.45) is 2.44. The van der Waals surface area contributed by atoms with Crippen molar-refractivity contribution in [3.63, 3.8) is 0 Å². The zero-order valence-electron chi connectivity index (χ0n) is 15.1. The first-order chi connectivity index (χ1) is 12.8. The second-order valence-electron chi connectivity index (χ2n) is 6.52. The molecular weight excluding hydrogens is 390 g/mol. The highest BCUT2D eigenvalue weighted by atomic mass is 32.2. The first-order valence-corrected chi connectivity index (χ1v) is 10.9. The van der Waals surface area contributed by atoms with Gasteiger partial charge in [-0.2, -0.15) is 4.31 Å². The second-order valence-corrected chi connectivity index (χ2v) is 9.46. The van der Waals surface area contributed by atoms with Gasteiger partial charge in [0.2, 0.25) is 15.2 Å². The van der Waals surface area contributed by atoms with Gasteiger partial charge in [-0.25, -0.2) is 13.4 Å². The molecule has 11 heteroatoms. The molecule has 1 N–H and O–H groups in total. The minimum absolute atomic E-state index is 0.0584. The molecule has 3 rings (SSSR count). The van der Waals surface area contributed by atoms with E-state index in [1.165, 1.54) is 16.4 Å². The van der Waals surface area contributed by atoms with Crippen LogP contribution in [0.3, 0.4) is 0 Å². The zero-order valence-corrected chi connectivity index (χ0v) is 16.7. The molecule has 1 fully saturated rings. The van der Waals surface area contributed by atoms with Crippen LogP contribution in [0.2, 0.25) is 0 Å². The molecule has 0 radical (unpaired) electrons. The topological polar surface area (TPSA) is 122 Å². The van der Waals surface area contributed by atoms with Crippen molar-refractivity contribution >= 4 is 27.5 Å². The summed E-state index contributed by atoms with van der Waals surface area (Å²) < 4.78 is 27.2. The Hall–Kier alpha value is -1.98. The summed E-state index contributed by atoms with van der Waals surface area (Å²) in [5.41, 5.74) is -0.269. The lowest BCUT2D eigenvalue weighted by molar-refractivity contribution is -0.388. The molecule has 1 aliphatic rings. The molecule has 1 aromatic heterocycles. The number of nitro groups is 1. The van der Waals surface area contributed by atoms with Crippen LogP contribution in [-0.2, 0) is 16.4 Å². The summed E-state index contributed by atoms with van der Waals surface area (Å²) in [7, 11) is -3.76. The summed E-state index contributed by atoms with van der Waals surface area (Å²) >= 11 is 1.03. The molecule has 1 aromatic carbocycles. The highest BCUT2D eigenvalue weighted by Gasteiger charge is 2.30. The van der Waals surface area contributed by atoms with Crippen LogP contribution in [-0.4, -0.2) is 45.9 Å². The van der Waals surface area contributed by atoms with Gasteiger partial charge in [-0.1, -0.05) is 13.8 Å². The summed E-state index contributed by atoms with van der Waals surface area (Å²) in [5, 5.41) is 18.6. The third-order valence-electron chi connectivity index (χ3n) is 4.43. The Balaban J connectivity index is 1.92. The maximum Gasteiger partial charge on any atom is 0.284 e. The molecule has 0 bridgehead atoms. The van der Waals surface area contributed by atoms with Crippen LogP contribution >= 0.6 is 11.8 Å². The van der Waals surface area contributed by atoms with Crippen molar-refractivity contribution in [2.75, 3.05) is 13.1 Å². The number of rotatable bonds is 6. The van der Waals surface area contributed by atoms with Gasteiger partial charge in [-0.3, -0.25) is 15.2 Å². The average Bonchev–Trinajstić information content (AvgIpc) is 3.09. The number of piperidine rings is 1. The molecule has 1 aliphatic heterocycles. The van der Waals surface area contributed by atoms with Crippen LogP contribution in [0.5, 0.6) is 0 Å². The van der Waals surface area contributed by atoms with E-state index in [9.17, 15) is 18.5 Å². The van der Waals surface area contributed by atoms with Crippen molar-refractivity contribution < 1.29 is 13.3 Å². The van der Waals surface area contributed by atoms with Crippen LogP contribution in [0, 0.1) is 16.0 Å². The van der Waals surface area contributed by atoms with Gasteiger partial charge in [0.25, 0.3) is 5.69 Å². The fourth-order valence-electron chi connectivity index (χ4n) is 2.98. The molecule has 0 saturated carbocycles. The number of hydrogen-bond donors (Lipinski definition) is 1. The van der Waals surface area contributed by atoms with E-state index in [4.69, 9.17) is 0 Å². The summed E-state index contributed by atoms with van der Waals surface area (Å²) in [4.78, 5) is 15.4. The maximum absolute atomic E-state index is 12.9. The molecular formula is C16H21N5O4S2. The molecule has 9 nitrogen and oxygen atoms in total. The Labute approximate surface area is 161 Å². The number of benzene rings is 1. The van der Waals surface area contributed by atoms with Gasteiger partial charge >= 0.3 is 0 Å². The van der Waals surface area contributed by atoms with Gasteiger partial charge in [0.15, 0.2) is 0 Å². The molecule has 2 aromatic rings. The monoisotopic (exact) mass is 411 g/mol. The van der Waals surface area contributed by atoms with Gasteiger partial charge in [-0.15, -0.1) is 5.10 Å². The minimum atomic E-state index is -3.76. The fraction of sp³-hybridized carbons (Fsp3) is 0.500. The molecule has 0 spiro atoms. The van der Waals surface area contributed by atoms with E-state index < -0.39 is 14.9 Å². The minimum Gasteiger partial charge on any atom is -0.262 e. The van der Waals surface area contributed by atoms with Crippen LogP contribution in [0.25, 0.3) is 0 Å². The Bertz CT molecular complexity index is 944. The summed E-state index contributed by atoms with van der Waals surface area (Å²) in [6, 6.07) is 3.99. The average molecular weight is 412 g/mol. The van der Waals surface area contributed by atoms with Crippen molar-refractivity contribution in [2.24, 2.45) is 5.92 Å². The lowest BCUT2D eigenvalue weighted by Gasteiger charge is -2.30. The highest BCUT2D eigenvalue weighted by molar-refractivity contribution is 7.99. The quantitative estimate of drug-likeness (QED) is 0.573. The zero-order chi connectivity index (χ0) is 19.6. The normalized spacial score (nSPS) is 18.5. The number of hydrogen-bond acceptors (Lipinski definition) is 7. The van der Waals surface area contributed by atoms with E-state index in [0.717, 1.165) is 30.7 Å². The van der Waals surface area contributed by atoms with Crippen molar-refractivity contribution in [1.29, 1.82) is 0 Å². The van der Waals surface area contributed by atoms with Crippen LogP contribution in [0.1, 0.15) is 32.5 Å². The Morgan fingerprint density at radius 1 is 1.44 bits per heavy atom. The maximum atomic E-state index is 12.9. The van der Waals surface area contributed by atoms with E-state index in [0.29, 0.717) is 35.4 Å². The smallest absolute Gasteiger partial charge is 0.262 e. The van der Waals surface area contributed by atoms with Gasteiger partial charge in [-0.05, 0) is 42.7 Å². The third kappa shape index (κ3) is 4.30. The van der Waals surface area contributed by atoms with E-state index in [-0.39, 0.29) is 16.5 Å². The molecule has 0 amide bonds. The van der Waals surface area contributed by atoms with Crippen LogP contribution in [0.15, 0.2) is 33.1 Å². The van der Waals surface area contributed by atoms with E-state index in [2.05, 4.69) is 15.2 Å². The Morgan fingerprint density at radius 2 is 2.22 bits per heavy atom. The van der Waals surface area contributed by atoms with Gasteiger partial charge in [0, 0.05) is 25.6 Å². The fourth-order valence-corrected chi connectivity index (χ4v) is 5.42. The first-order valence-electron chi connectivity index (χ1n) is 8.69. The number of nitro benzene ring substituents is 1. The number of aryl methyl sites for hydroxylation is 1. The molecule has 27 heavy (non-hydrogen) atoms. The van der Waals surface area contributed by atoms with Crippen molar-refractivity contribution in [3.05, 3.63) is 34.1 Å². The van der Waals surface area contributed by atoms with Crippen molar-refractivity contribution in [2.45, 2.75) is 48.1 Å². The summed E-state index contributed by atoms with van der Waals surface area (Å²) in [5.74, 6) is 0.954. The number of sulfonamides is 1. The van der Waals surface area contributed by atoms with Gasteiger partial charge in [0.05, 0.1) is 14.7 Å². The number of nitrogens with zero attached hydrogens (tertiary/aromatic N) is 4. The van der Waals surface area contributed by atoms with E-state index >= 15 is 0 Å². The predicted molar refractivity (Wildman–Crippen MR) is 100 cm³/mol. The largest absolute Gasteiger partial charge is 0.284 e. The third-order valence-corrected chi connectivity index (χ3v) is 7.22. The van der Waals surface area contributed by atoms with E-state index in [1.54, 1.807) is 0 Å². The van der Waals surface area contributed by atoms with Gasteiger partial charge in [0.1, 0.15) is 5.82 Å². The molecule has 1 atom stereocenters. The highest BCUT2D eigenvalue weighted by Crippen LogP contribution is 2.35. The first kappa shape index (κ1) is 19.8. The molecule has 146 valence electrons. The van der Waals surface area contributed by atoms with Gasteiger partial charge < -0.3 is 0 Å². The van der Waals surface area contributed by atoms with Crippen molar-refractivity contribution in [1.82, 2.24) is 19.5 Å². The van der Waals surface area contributed by atoms with Crippen molar-refractivity contribution in [3.8, 4) is 0 Å². The second kappa shape index (κ2) is 7.95. The van der Waals surface area contributed by atoms with Crippen LogP contribution < -0.4 is 0 Å². The Morgan fingerprint density at radius 3 is 2.85 bits per heavy atom. The lowest BCUT2D eigenvalue weighted by Crippen LogP contribution is -2.39.